The van der Waals surface area contributed by atoms with E-state index in [9.17, 15) is 9.59 Å². The Kier molecular flexibility index (Phi) is 8.29. The van der Waals surface area contributed by atoms with Gasteiger partial charge in [-0.15, -0.1) is 0 Å². The van der Waals surface area contributed by atoms with Crippen molar-refractivity contribution < 1.29 is 9.59 Å². The molecule has 23 heavy (non-hydrogen) atoms. The van der Waals surface area contributed by atoms with Crippen molar-refractivity contribution >= 4 is 11.8 Å². The van der Waals surface area contributed by atoms with E-state index in [1.165, 1.54) is 0 Å². The molecule has 0 saturated heterocycles. The molecule has 128 valence electrons. The van der Waals surface area contributed by atoms with E-state index in [0.29, 0.717) is 31.5 Å². The topological polar surface area (TPSA) is 87.5 Å². The lowest BCUT2D eigenvalue weighted by Gasteiger charge is -2.11. The Morgan fingerprint density at radius 2 is 1.83 bits per heavy atom. The van der Waals surface area contributed by atoms with Crippen molar-refractivity contribution in [1.29, 1.82) is 0 Å². The molecule has 6 nitrogen and oxygen atoms in total. The van der Waals surface area contributed by atoms with Crippen molar-refractivity contribution in [3.8, 4) is 0 Å². The average molecular weight is 320 g/mol. The summed E-state index contributed by atoms with van der Waals surface area (Å²) in [4.78, 5) is 25.6. The molecular weight excluding hydrogens is 292 g/mol. The number of hydrogen-bond acceptors (Lipinski definition) is 4. The summed E-state index contributed by atoms with van der Waals surface area (Å²) in [5, 5.41) is 5.71. The molecule has 4 N–H and O–H groups in total. The van der Waals surface area contributed by atoms with Gasteiger partial charge in [0.15, 0.2) is 0 Å². The SMILES string of the molecule is CC(N)CCC(=O)NCc1ccc(C(=O)NCCN(C)C)cc1. The van der Waals surface area contributed by atoms with Crippen LogP contribution in [-0.2, 0) is 11.3 Å². The van der Waals surface area contributed by atoms with Crippen LogP contribution in [0.15, 0.2) is 24.3 Å². The van der Waals surface area contributed by atoms with E-state index >= 15 is 0 Å². The highest BCUT2D eigenvalue weighted by Crippen LogP contribution is 2.05. The number of hydrogen-bond donors (Lipinski definition) is 3. The van der Waals surface area contributed by atoms with Crippen LogP contribution in [0, 0.1) is 0 Å². The third-order valence-corrected chi connectivity index (χ3v) is 3.38. The maximum absolute atomic E-state index is 11.9. The van der Waals surface area contributed by atoms with Gasteiger partial charge in [0.1, 0.15) is 0 Å². The molecule has 0 aliphatic rings. The zero-order valence-electron chi connectivity index (χ0n) is 14.3. The number of nitrogens with two attached hydrogens (primary N) is 1. The number of rotatable bonds is 9. The van der Waals surface area contributed by atoms with E-state index in [4.69, 9.17) is 5.73 Å². The van der Waals surface area contributed by atoms with Gasteiger partial charge in [0.2, 0.25) is 5.91 Å². The van der Waals surface area contributed by atoms with Crippen LogP contribution in [0.3, 0.4) is 0 Å². The number of carbonyl (C=O) groups is 2. The fourth-order valence-electron chi connectivity index (χ4n) is 1.92. The molecule has 0 spiro atoms. The van der Waals surface area contributed by atoms with E-state index in [1.807, 2.05) is 38.1 Å². The monoisotopic (exact) mass is 320 g/mol. The lowest BCUT2D eigenvalue weighted by molar-refractivity contribution is -0.121. The van der Waals surface area contributed by atoms with Crippen LogP contribution in [0.25, 0.3) is 0 Å². The molecule has 1 rings (SSSR count). The van der Waals surface area contributed by atoms with Gasteiger partial charge in [-0.3, -0.25) is 9.59 Å². The van der Waals surface area contributed by atoms with E-state index in [2.05, 4.69) is 10.6 Å². The molecule has 0 aromatic heterocycles. The van der Waals surface area contributed by atoms with Crippen LogP contribution in [-0.4, -0.2) is 49.9 Å². The molecular formula is C17H28N4O2. The maximum atomic E-state index is 11.9. The normalized spacial score (nSPS) is 12.0. The number of amides is 2. The van der Waals surface area contributed by atoms with Crippen molar-refractivity contribution in [1.82, 2.24) is 15.5 Å². The number of benzene rings is 1. The first kappa shape index (κ1) is 19.1. The van der Waals surface area contributed by atoms with Gasteiger partial charge in [0.25, 0.3) is 5.91 Å². The van der Waals surface area contributed by atoms with Crippen LogP contribution in [0.1, 0.15) is 35.7 Å². The Hall–Kier alpha value is -1.92. The predicted molar refractivity (Wildman–Crippen MR) is 92.1 cm³/mol. The molecule has 1 aromatic rings. The second-order valence-electron chi connectivity index (χ2n) is 6.05. The molecule has 1 atom stereocenters. The van der Waals surface area contributed by atoms with Crippen molar-refractivity contribution in [3.05, 3.63) is 35.4 Å². The fourth-order valence-corrected chi connectivity index (χ4v) is 1.92. The Morgan fingerprint density at radius 3 is 2.39 bits per heavy atom. The van der Waals surface area contributed by atoms with Crippen LogP contribution < -0.4 is 16.4 Å². The highest BCUT2D eigenvalue weighted by molar-refractivity contribution is 5.94. The van der Waals surface area contributed by atoms with Gasteiger partial charge in [-0.05, 0) is 45.1 Å². The van der Waals surface area contributed by atoms with Crippen molar-refractivity contribution in [3.63, 3.8) is 0 Å². The van der Waals surface area contributed by atoms with Crippen LogP contribution in [0.5, 0.6) is 0 Å². The van der Waals surface area contributed by atoms with Gasteiger partial charge in [-0.2, -0.15) is 0 Å². The zero-order valence-corrected chi connectivity index (χ0v) is 14.3. The Bertz CT molecular complexity index is 498. The molecule has 0 radical (unpaired) electrons. The Balaban J connectivity index is 2.38. The number of nitrogens with zero attached hydrogens (tertiary/aromatic N) is 1. The van der Waals surface area contributed by atoms with E-state index in [0.717, 1.165) is 12.1 Å². The minimum Gasteiger partial charge on any atom is -0.352 e. The van der Waals surface area contributed by atoms with Crippen LogP contribution in [0.2, 0.25) is 0 Å². The molecule has 6 heteroatoms. The number of nitrogens with one attached hydrogen (secondary N) is 2. The highest BCUT2D eigenvalue weighted by atomic mass is 16.2. The molecule has 1 unspecified atom stereocenters. The lowest BCUT2D eigenvalue weighted by Crippen LogP contribution is -2.31. The van der Waals surface area contributed by atoms with Crippen molar-refractivity contribution in [2.45, 2.75) is 32.4 Å². The maximum Gasteiger partial charge on any atom is 0.251 e. The molecule has 0 heterocycles. The summed E-state index contributed by atoms with van der Waals surface area (Å²) in [5.41, 5.74) is 7.21. The van der Waals surface area contributed by atoms with E-state index in [-0.39, 0.29) is 17.9 Å². The highest BCUT2D eigenvalue weighted by Gasteiger charge is 2.06. The third-order valence-electron chi connectivity index (χ3n) is 3.38. The van der Waals surface area contributed by atoms with Gasteiger partial charge in [0.05, 0.1) is 0 Å². The van der Waals surface area contributed by atoms with Crippen LogP contribution >= 0.6 is 0 Å². The molecule has 0 saturated carbocycles. The second-order valence-corrected chi connectivity index (χ2v) is 6.05. The summed E-state index contributed by atoms with van der Waals surface area (Å²) >= 11 is 0. The number of likely N-dealkylation sites (N-methyl/N-ethyl adjacent to an activating group) is 1. The molecule has 0 aliphatic carbocycles. The van der Waals surface area contributed by atoms with Gasteiger partial charge in [-0.1, -0.05) is 12.1 Å². The summed E-state index contributed by atoms with van der Waals surface area (Å²) in [6, 6.07) is 7.29. The van der Waals surface area contributed by atoms with Crippen molar-refractivity contribution in [2.75, 3.05) is 27.2 Å². The molecule has 2 amide bonds. The second kappa shape index (κ2) is 9.97. The molecule has 1 aromatic carbocycles. The van der Waals surface area contributed by atoms with Gasteiger partial charge < -0.3 is 21.3 Å². The Morgan fingerprint density at radius 1 is 1.17 bits per heavy atom. The lowest BCUT2D eigenvalue weighted by atomic mass is 10.1. The summed E-state index contributed by atoms with van der Waals surface area (Å²) < 4.78 is 0. The molecule has 0 fully saturated rings. The standard InChI is InChI=1S/C17H28N4O2/c1-13(18)4-9-16(22)20-12-14-5-7-15(8-6-14)17(23)19-10-11-21(2)3/h5-8,13H,4,9-12,18H2,1-3H3,(H,19,23)(H,20,22). The minimum atomic E-state index is -0.0839. The quantitative estimate of drug-likeness (QED) is 0.626. The summed E-state index contributed by atoms with van der Waals surface area (Å²) in [5.74, 6) is -0.0906. The first-order valence-electron chi connectivity index (χ1n) is 7.92. The average Bonchev–Trinajstić information content (AvgIpc) is 2.51. The summed E-state index contributed by atoms with van der Waals surface area (Å²) in [6.07, 6.45) is 1.11. The van der Waals surface area contributed by atoms with Gasteiger partial charge in [-0.25, -0.2) is 0 Å². The predicted octanol–water partition coefficient (Wildman–Crippen LogP) is 0.722. The first-order chi connectivity index (χ1) is 10.9. The van der Waals surface area contributed by atoms with Crippen LogP contribution in [0.4, 0.5) is 0 Å². The third kappa shape index (κ3) is 8.32. The molecule has 0 aliphatic heterocycles. The Labute approximate surface area is 138 Å². The van der Waals surface area contributed by atoms with Gasteiger partial charge >= 0.3 is 0 Å². The van der Waals surface area contributed by atoms with E-state index < -0.39 is 0 Å². The zero-order chi connectivity index (χ0) is 17.2. The number of carbonyl (C=O) groups excluding carboxylic acids is 2. The molecule has 0 bridgehead atoms. The minimum absolute atomic E-state index is 0.00666. The van der Waals surface area contributed by atoms with E-state index in [1.54, 1.807) is 12.1 Å². The van der Waals surface area contributed by atoms with Crippen molar-refractivity contribution in [2.24, 2.45) is 5.73 Å². The summed E-state index contributed by atoms with van der Waals surface area (Å²) in [6.45, 7) is 3.76. The smallest absolute Gasteiger partial charge is 0.251 e. The first-order valence-corrected chi connectivity index (χ1v) is 7.92. The largest absolute Gasteiger partial charge is 0.352 e. The summed E-state index contributed by atoms with van der Waals surface area (Å²) in [7, 11) is 3.92. The fraction of sp³-hybridized carbons (Fsp3) is 0.529. The van der Waals surface area contributed by atoms with Gasteiger partial charge in [0, 0.05) is 37.7 Å².